The topological polar surface area (TPSA) is 45.2 Å². The molecule has 1 N–H and O–H groups in total. The van der Waals surface area contributed by atoms with Crippen molar-refractivity contribution in [2.45, 2.75) is 51.5 Å². The van der Waals surface area contributed by atoms with Crippen LogP contribution < -0.4 is 10.2 Å². The summed E-state index contributed by atoms with van der Waals surface area (Å²) in [6.45, 7) is 4.03. The summed E-state index contributed by atoms with van der Waals surface area (Å²) in [6.07, 6.45) is 9.43. The average Bonchev–Trinajstić information content (AvgIpc) is 3.26. The Morgan fingerprint density at radius 3 is 2.92 bits per heavy atom. The van der Waals surface area contributed by atoms with Gasteiger partial charge in [0.2, 0.25) is 5.91 Å². The summed E-state index contributed by atoms with van der Waals surface area (Å²) in [5.74, 6) is 3.86. The monoisotopic (exact) mass is 327 g/mol. The Bertz CT molecular complexity index is 576. The number of fused-ring (bicyclic) bond motifs is 2. The number of carbonyl (C=O) groups is 1. The van der Waals surface area contributed by atoms with Gasteiger partial charge in [0.15, 0.2) is 0 Å². The molecule has 1 aliphatic heterocycles. The maximum absolute atomic E-state index is 12.8. The van der Waals surface area contributed by atoms with E-state index in [0.717, 1.165) is 43.6 Å². The molecule has 1 aromatic rings. The van der Waals surface area contributed by atoms with Gasteiger partial charge in [0, 0.05) is 25.3 Å². The minimum Gasteiger partial charge on any atom is -0.356 e. The summed E-state index contributed by atoms with van der Waals surface area (Å²) in [4.78, 5) is 19.5. The fourth-order valence-electron chi connectivity index (χ4n) is 5.30. The van der Waals surface area contributed by atoms with Crippen LogP contribution in [-0.4, -0.2) is 30.0 Å². The summed E-state index contributed by atoms with van der Waals surface area (Å²) < 4.78 is 0. The van der Waals surface area contributed by atoms with Crippen LogP contribution >= 0.6 is 0 Å². The Kier molecular flexibility index (Phi) is 4.47. The third kappa shape index (κ3) is 3.15. The molecule has 2 aliphatic carbocycles. The smallest absolute Gasteiger partial charge is 0.225 e. The molecule has 3 aliphatic rings. The molecule has 1 aromatic heterocycles. The summed E-state index contributed by atoms with van der Waals surface area (Å²) >= 11 is 0. The maximum Gasteiger partial charge on any atom is 0.225 e. The highest BCUT2D eigenvalue weighted by atomic mass is 16.2. The Labute approximate surface area is 145 Å². The maximum atomic E-state index is 12.8. The number of carbonyl (C=O) groups excluding carboxylic acids is 1. The molecule has 130 valence electrons. The Hall–Kier alpha value is -1.58. The van der Waals surface area contributed by atoms with E-state index in [9.17, 15) is 4.79 Å². The van der Waals surface area contributed by atoms with Crippen LogP contribution in [0.1, 0.15) is 45.4 Å². The molecule has 2 saturated carbocycles. The number of hydrogen-bond acceptors (Lipinski definition) is 3. The molecule has 0 spiro atoms. The number of pyridine rings is 1. The first-order valence-corrected chi connectivity index (χ1v) is 9.67. The van der Waals surface area contributed by atoms with Gasteiger partial charge in [-0.1, -0.05) is 12.5 Å². The molecule has 24 heavy (non-hydrogen) atoms. The normalized spacial score (nSPS) is 33.5. The zero-order valence-corrected chi connectivity index (χ0v) is 14.7. The van der Waals surface area contributed by atoms with Gasteiger partial charge < -0.3 is 10.2 Å². The third-order valence-corrected chi connectivity index (χ3v) is 6.57. The minimum absolute atomic E-state index is 0.0989. The third-order valence-electron chi connectivity index (χ3n) is 6.57. The second-order valence-corrected chi connectivity index (χ2v) is 8.11. The first kappa shape index (κ1) is 15.9. The summed E-state index contributed by atoms with van der Waals surface area (Å²) in [6, 6.07) is 6.33. The lowest BCUT2D eigenvalue weighted by Crippen LogP contribution is -2.47. The highest BCUT2D eigenvalue weighted by molar-refractivity contribution is 5.79. The van der Waals surface area contributed by atoms with E-state index >= 15 is 0 Å². The highest BCUT2D eigenvalue weighted by Gasteiger charge is 2.42. The largest absolute Gasteiger partial charge is 0.356 e. The quantitative estimate of drug-likeness (QED) is 0.923. The van der Waals surface area contributed by atoms with Crippen LogP contribution in [0.25, 0.3) is 0 Å². The molecule has 1 saturated heterocycles. The highest BCUT2D eigenvalue weighted by Crippen LogP contribution is 2.49. The number of piperidine rings is 1. The van der Waals surface area contributed by atoms with Gasteiger partial charge >= 0.3 is 0 Å². The molecule has 0 radical (unpaired) electrons. The summed E-state index contributed by atoms with van der Waals surface area (Å²) in [5.41, 5.74) is 0. The van der Waals surface area contributed by atoms with Crippen LogP contribution in [0, 0.1) is 23.7 Å². The number of anilines is 1. The van der Waals surface area contributed by atoms with Crippen molar-refractivity contribution < 1.29 is 4.79 Å². The molecule has 4 nitrogen and oxygen atoms in total. The van der Waals surface area contributed by atoms with E-state index in [1.807, 2.05) is 24.4 Å². The van der Waals surface area contributed by atoms with E-state index < -0.39 is 0 Å². The summed E-state index contributed by atoms with van der Waals surface area (Å²) in [7, 11) is 0. The number of nitrogens with zero attached hydrogens (tertiary/aromatic N) is 2. The van der Waals surface area contributed by atoms with E-state index in [2.05, 4.69) is 22.1 Å². The molecule has 2 heterocycles. The molecule has 3 fully saturated rings. The van der Waals surface area contributed by atoms with Gasteiger partial charge in [-0.25, -0.2) is 4.98 Å². The lowest BCUT2D eigenvalue weighted by atomic mass is 9.83. The van der Waals surface area contributed by atoms with Gasteiger partial charge in [-0.2, -0.15) is 0 Å². The first-order chi connectivity index (χ1) is 11.7. The van der Waals surface area contributed by atoms with Crippen molar-refractivity contribution in [3.05, 3.63) is 24.4 Å². The van der Waals surface area contributed by atoms with Crippen LogP contribution in [-0.2, 0) is 4.79 Å². The second-order valence-electron chi connectivity index (χ2n) is 8.11. The van der Waals surface area contributed by atoms with Crippen molar-refractivity contribution in [1.82, 2.24) is 10.3 Å². The van der Waals surface area contributed by atoms with Gasteiger partial charge in [-0.15, -0.1) is 0 Å². The van der Waals surface area contributed by atoms with Crippen molar-refractivity contribution in [2.24, 2.45) is 23.7 Å². The van der Waals surface area contributed by atoms with Crippen molar-refractivity contribution >= 4 is 11.7 Å². The summed E-state index contributed by atoms with van der Waals surface area (Å²) in [5, 5.41) is 3.36. The Morgan fingerprint density at radius 2 is 2.21 bits per heavy atom. The van der Waals surface area contributed by atoms with Crippen molar-refractivity contribution in [3.63, 3.8) is 0 Å². The van der Waals surface area contributed by atoms with E-state index in [0.29, 0.717) is 12.0 Å². The zero-order valence-electron chi connectivity index (χ0n) is 14.7. The second kappa shape index (κ2) is 6.73. The number of amides is 1. The van der Waals surface area contributed by atoms with Gasteiger partial charge in [-0.3, -0.25) is 4.79 Å². The number of nitrogens with one attached hydrogen (secondary N) is 1. The SMILES string of the molecule is C[C@H](NC(=O)[C@@H]1CCCN(c2ccccn2)C1)[C@@H]1C[C@H]2CC[C@H]1C2. The van der Waals surface area contributed by atoms with Gasteiger partial charge in [0.1, 0.15) is 5.82 Å². The molecule has 1 amide bonds. The molecule has 0 aromatic carbocycles. The van der Waals surface area contributed by atoms with Crippen molar-refractivity contribution in [3.8, 4) is 0 Å². The first-order valence-electron chi connectivity index (χ1n) is 9.67. The van der Waals surface area contributed by atoms with E-state index in [1.54, 1.807) is 0 Å². The predicted octanol–water partition coefficient (Wildman–Crippen LogP) is 3.24. The molecule has 2 bridgehead atoms. The molecule has 4 heteroatoms. The Morgan fingerprint density at radius 1 is 1.29 bits per heavy atom. The Balaban J connectivity index is 1.34. The fourth-order valence-corrected chi connectivity index (χ4v) is 5.30. The van der Waals surface area contributed by atoms with Crippen molar-refractivity contribution in [1.29, 1.82) is 0 Å². The number of rotatable bonds is 4. The van der Waals surface area contributed by atoms with Gasteiger partial charge in [0.25, 0.3) is 0 Å². The fraction of sp³-hybridized carbons (Fsp3) is 0.700. The van der Waals surface area contributed by atoms with E-state index in [-0.39, 0.29) is 11.8 Å². The standard InChI is InChI=1S/C20H29N3O/c1-14(18-12-15-7-8-16(18)11-15)22-20(24)17-5-4-10-23(13-17)19-6-2-3-9-21-19/h2-3,6,9,14-18H,4-5,7-8,10-13H2,1H3,(H,22,24)/t14-,15-,16-,17+,18-/m0/s1. The van der Waals surface area contributed by atoms with Crippen LogP contribution in [0.3, 0.4) is 0 Å². The predicted molar refractivity (Wildman–Crippen MR) is 95.7 cm³/mol. The van der Waals surface area contributed by atoms with Gasteiger partial charge in [0.05, 0.1) is 5.92 Å². The number of hydrogen-bond donors (Lipinski definition) is 1. The van der Waals surface area contributed by atoms with Crippen LogP contribution in [0.5, 0.6) is 0 Å². The molecule has 4 rings (SSSR count). The molecular weight excluding hydrogens is 298 g/mol. The van der Waals surface area contributed by atoms with Gasteiger partial charge in [-0.05, 0) is 68.9 Å². The molecule has 5 atom stereocenters. The van der Waals surface area contributed by atoms with Crippen LogP contribution in [0.4, 0.5) is 5.82 Å². The minimum atomic E-state index is 0.0989. The van der Waals surface area contributed by atoms with Crippen LogP contribution in [0.15, 0.2) is 24.4 Å². The van der Waals surface area contributed by atoms with Crippen LogP contribution in [0.2, 0.25) is 0 Å². The van der Waals surface area contributed by atoms with E-state index in [4.69, 9.17) is 0 Å². The van der Waals surface area contributed by atoms with E-state index in [1.165, 1.54) is 25.7 Å². The molecule has 0 unspecified atom stereocenters. The lowest BCUT2D eigenvalue weighted by Gasteiger charge is -2.35. The average molecular weight is 327 g/mol. The number of aromatic nitrogens is 1. The zero-order chi connectivity index (χ0) is 16.5. The lowest BCUT2D eigenvalue weighted by molar-refractivity contribution is -0.126. The molecular formula is C20H29N3O. The van der Waals surface area contributed by atoms with Crippen molar-refractivity contribution in [2.75, 3.05) is 18.0 Å².